The average molecular weight is 317 g/mol. The van der Waals surface area contributed by atoms with E-state index in [2.05, 4.69) is 49.5 Å². The molecule has 1 aliphatic heterocycles. The van der Waals surface area contributed by atoms with Gasteiger partial charge >= 0.3 is 6.09 Å². The molecule has 1 aliphatic carbocycles. The molecule has 1 amide bonds. The van der Waals surface area contributed by atoms with Gasteiger partial charge in [0.2, 0.25) is 0 Å². The molecule has 1 aromatic rings. The minimum absolute atomic E-state index is 0.0122. The van der Waals surface area contributed by atoms with E-state index in [-0.39, 0.29) is 17.6 Å². The van der Waals surface area contributed by atoms with E-state index >= 15 is 0 Å². The molecule has 2 fully saturated rings. The van der Waals surface area contributed by atoms with Gasteiger partial charge in [0, 0.05) is 11.5 Å². The Morgan fingerprint density at radius 1 is 1.30 bits per heavy atom. The number of amides is 1. The number of nitrogens with one attached hydrogen (secondary N) is 1. The Kier molecular flexibility index (Phi) is 4.62. The van der Waals surface area contributed by atoms with Crippen LogP contribution >= 0.6 is 0 Å². The molecule has 4 heteroatoms. The van der Waals surface area contributed by atoms with Crippen LogP contribution in [0.5, 0.6) is 0 Å². The maximum Gasteiger partial charge on any atom is 0.407 e. The van der Waals surface area contributed by atoms with Gasteiger partial charge in [0.15, 0.2) is 0 Å². The van der Waals surface area contributed by atoms with Crippen molar-refractivity contribution in [1.82, 2.24) is 5.32 Å². The molecule has 0 aromatic heterocycles. The van der Waals surface area contributed by atoms with Crippen LogP contribution in [-0.4, -0.2) is 32.0 Å². The van der Waals surface area contributed by atoms with Gasteiger partial charge in [-0.3, -0.25) is 0 Å². The predicted molar refractivity (Wildman–Crippen MR) is 89.4 cm³/mol. The van der Waals surface area contributed by atoms with E-state index in [9.17, 15) is 4.79 Å². The van der Waals surface area contributed by atoms with Crippen LogP contribution < -0.4 is 5.32 Å². The van der Waals surface area contributed by atoms with Crippen LogP contribution in [0, 0.1) is 11.8 Å². The molecule has 126 valence electrons. The second-order valence-electron chi connectivity index (χ2n) is 7.32. The van der Waals surface area contributed by atoms with E-state index < -0.39 is 0 Å². The maximum atomic E-state index is 11.6. The van der Waals surface area contributed by atoms with E-state index in [0.717, 1.165) is 25.9 Å². The second-order valence-corrected chi connectivity index (χ2v) is 7.32. The molecule has 1 saturated carbocycles. The number of carbonyl (C=O) groups is 1. The highest BCUT2D eigenvalue weighted by Gasteiger charge is 2.52. The number of hydrogen-bond acceptors (Lipinski definition) is 3. The van der Waals surface area contributed by atoms with Crippen molar-refractivity contribution in [2.45, 2.75) is 50.7 Å². The summed E-state index contributed by atoms with van der Waals surface area (Å²) in [7, 11) is 1.42. The van der Waals surface area contributed by atoms with Crippen molar-refractivity contribution in [3.63, 3.8) is 0 Å². The second kappa shape index (κ2) is 6.52. The summed E-state index contributed by atoms with van der Waals surface area (Å²) in [6.07, 6.45) is 2.95. The number of benzene rings is 1. The molecule has 3 rings (SSSR count). The first-order chi connectivity index (χ1) is 11.0. The lowest BCUT2D eigenvalue weighted by molar-refractivity contribution is -0.0733. The number of alkyl carbamates (subject to hydrolysis) is 1. The molecule has 4 atom stereocenters. The SMILES string of the molecule is COC(=O)N[C@@H]1C[C@H]2C[C@@H](C(C)C)OC[C@@]2(c2ccccc2)C1. The van der Waals surface area contributed by atoms with Gasteiger partial charge in [-0.05, 0) is 36.7 Å². The quantitative estimate of drug-likeness (QED) is 0.928. The molecule has 2 aliphatic rings. The van der Waals surface area contributed by atoms with Crippen LogP contribution in [0.1, 0.15) is 38.7 Å². The number of hydrogen-bond donors (Lipinski definition) is 1. The summed E-state index contributed by atoms with van der Waals surface area (Å²) >= 11 is 0. The molecule has 0 unspecified atom stereocenters. The Morgan fingerprint density at radius 3 is 2.70 bits per heavy atom. The van der Waals surface area contributed by atoms with Crippen molar-refractivity contribution >= 4 is 6.09 Å². The third-order valence-corrected chi connectivity index (χ3v) is 5.63. The molecule has 4 nitrogen and oxygen atoms in total. The van der Waals surface area contributed by atoms with Crippen molar-refractivity contribution in [3.05, 3.63) is 35.9 Å². The first kappa shape index (κ1) is 16.3. The zero-order valence-corrected chi connectivity index (χ0v) is 14.2. The lowest BCUT2D eigenvalue weighted by atomic mass is 9.68. The van der Waals surface area contributed by atoms with Crippen molar-refractivity contribution in [3.8, 4) is 0 Å². The van der Waals surface area contributed by atoms with E-state index in [1.54, 1.807) is 0 Å². The van der Waals surface area contributed by atoms with Gasteiger partial charge < -0.3 is 14.8 Å². The fraction of sp³-hybridized carbons (Fsp3) is 0.632. The highest BCUT2D eigenvalue weighted by atomic mass is 16.5. The van der Waals surface area contributed by atoms with Gasteiger partial charge in [-0.25, -0.2) is 4.79 Å². The molecular weight excluding hydrogens is 290 g/mol. The topological polar surface area (TPSA) is 47.6 Å². The molecule has 0 radical (unpaired) electrons. The summed E-state index contributed by atoms with van der Waals surface area (Å²) in [6, 6.07) is 10.8. The average Bonchev–Trinajstić information content (AvgIpc) is 2.93. The van der Waals surface area contributed by atoms with Gasteiger partial charge in [0.25, 0.3) is 0 Å². The zero-order valence-electron chi connectivity index (χ0n) is 14.2. The number of fused-ring (bicyclic) bond motifs is 1. The van der Waals surface area contributed by atoms with Gasteiger partial charge in [-0.1, -0.05) is 44.2 Å². The molecule has 1 N–H and O–H groups in total. The lowest BCUT2D eigenvalue weighted by Crippen LogP contribution is -2.45. The Bertz CT molecular complexity index is 545. The molecule has 1 heterocycles. The summed E-state index contributed by atoms with van der Waals surface area (Å²) in [5.74, 6) is 1.06. The first-order valence-corrected chi connectivity index (χ1v) is 8.57. The van der Waals surface area contributed by atoms with Crippen LogP contribution in [0.3, 0.4) is 0 Å². The number of ether oxygens (including phenoxy) is 2. The normalized spacial score (nSPS) is 33.3. The summed E-state index contributed by atoms with van der Waals surface area (Å²) in [5, 5.41) is 3.01. The van der Waals surface area contributed by atoms with E-state index in [4.69, 9.17) is 9.47 Å². The zero-order chi connectivity index (χ0) is 16.4. The predicted octanol–water partition coefficient (Wildman–Crippen LogP) is 3.50. The summed E-state index contributed by atoms with van der Waals surface area (Å²) in [4.78, 5) is 11.6. The molecule has 0 spiro atoms. The molecule has 1 saturated heterocycles. The molecular formula is C19H27NO3. The maximum absolute atomic E-state index is 11.6. The van der Waals surface area contributed by atoms with Gasteiger partial charge in [-0.2, -0.15) is 0 Å². The number of rotatable bonds is 3. The van der Waals surface area contributed by atoms with Crippen molar-refractivity contribution in [2.24, 2.45) is 11.8 Å². The van der Waals surface area contributed by atoms with E-state index in [1.165, 1.54) is 12.7 Å². The van der Waals surface area contributed by atoms with Gasteiger partial charge in [0.05, 0.1) is 19.8 Å². The lowest BCUT2D eigenvalue weighted by Gasteiger charge is -2.44. The van der Waals surface area contributed by atoms with Crippen LogP contribution in [0.25, 0.3) is 0 Å². The minimum Gasteiger partial charge on any atom is -0.453 e. The Labute approximate surface area is 138 Å². The number of methoxy groups -OCH3 is 1. The van der Waals surface area contributed by atoms with Crippen molar-refractivity contribution < 1.29 is 14.3 Å². The minimum atomic E-state index is -0.335. The first-order valence-electron chi connectivity index (χ1n) is 8.57. The highest BCUT2D eigenvalue weighted by Crippen LogP contribution is 2.51. The molecule has 23 heavy (non-hydrogen) atoms. The largest absolute Gasteiger partial charge is 0.453 e. The molecule has 1 aromatic carbocycles. The summed E-state index contributed by atoms with van der Waals surface area (Å²) in [6.45, 7) is 5.18. The van der Waals surface area contributed by atoms with Crippen LogP contribution in [0.4, 0.5) is 4.79 Å². The standard InChI is InChI=1S/C19H27NO3/c1-13(2)17-10-15-9-16(20-18(21)22-3)11-19(15,12-23-17)14-7-5-4-6-8-14/h4-8,13,15-17H,9-12H2,1-3H3,(H,20,21)/t15-,16+,17-,19+/m0/s1. The van der Waals surface area contributed by atoms with Crippen LogP contribution in [0.2, 0.25) is 0 Å². The fourth-order valence-corrected chi connectivity index (χ4v) is 4.37. The Balaban J connectivity index is 1.86. The van der Waals surface area contributed by atoms with Crippen LogP contribution in [0.15, 0.2) is 30.3 Å². The summed E-state index contributed by atoms with van der Waals surface area (Å²) in [5.41, 5.74) is 1.35. The summed E-state index contributed by atoms with van der Waals surface area (Å²) < 4.78 is 11.0. The van der Waals surface area contributed by atoms with Crippen LogP contribution in [-0.2, 0) is 14.9 Å². The van der Waals surface area contributed by atoms with E-state index in [0.29, 0.717) is 17.9 Å². The van der Waals surface area contributed by atoms with E-state index in [1.807, 2.05) is 0 Å². The van der Waals surface area contributed by atoms with Crippen molar-refractivity contribution in [2.75, 3.05) is 13.7 Å². The third kappa shape index (κ3) is 3.09. The van der Waals surface area contributed by atoms with Crippen molar-refractivity contribution in [1.29, 1.82) is 0 Å². The highest BCUT2D eigenvalue weighted by molar-refractivity contribution is 5.67. The Morgan fingerprint density at radius 2 is 2.04 bits per heavy atom. The monoisotopic (exact) mass is 317 g/mol. The van der Waals surface area contributed by atoms with Gasteiger partial charge in [-0.15, -0.1) is 0 Å². The third-order valence-electron chi connectivity index (χ3n) is 5.63. The molecule has 0 bridgehead atoms. The smallest absolute Gasteiger partial charge is 0.407 e. The Hall–Kier alpha value is -1.55. The fourth-order valence-electron chi connectivity index (χ4n) is 4.37. The number of carbonyl (C=O) groups excluding carboxylic acids is 1. The van der Waals surface area contributed by atoms with Gasteiger partial charge in [0.1, 0.15) is 0 Å².